The summed E-state index contributed by atoms with van der Waals surface area (Å²) in [7, 11) is 0. The average Bonchev–Trinajstić information content (AvgIpc) is 3.32. The van der Waals surface area contributed by atoms with Gasteiger partial charge in [-0.1, -0.05) is 256 Å². The number of unbranched alkanes of at least 4 members (excludes halogenated alkanes) is 40. The maximum absolute atomic E-state index is 12.4. The van der Waals surface area contributed by atoms with Gasteiger partial charge in [0.05, 0.1) is 25.4 Å². The molecule has 0 rings (SSSR count). The van der Waals surface area contributed by atoms with Crippen molar-refractivity contribution in [1.82, 2.24) is 5.32 Å². The molecule has 0 aliphatic heterocycles. The Balaban J connectivity index is 3.39. The molecule has 0 heterocycles. The first-order chi connectivity index (χ1) is 32.5. The molecule has 0 aromatic heterocycles. The average molecular weight is 931 g/mol. The molecule has 1 amide bonds. The minimum absolute atomic E-state index is 0.00364. The van der Waals surface area contributed by atoms with Crippen LogP contribution in [0.4, 0.5) is 0 Å². The molecule has 0 aromatic carbocycles. The fourth-order valence-electron chi connectivity index (χ4n) is 9.16. The third-order valence-electron chi connectivity index (χ3n) is 13.7. The fraction of sp³-hybridized carbons (Fsp3) is 0.900. The minimum atomic E-state index is -0.666. The summed E-state index contributed by atoms with van der Waals surface area (Å²) in [6.45, 7) is 4.94. The number of rotatable bonds is 55. The van der Waals surface area contributed by atoms with Crippen LogP contribution in [-0.4, -0.2) is 47.4 Å². The maximum atomic E-state index is 12.4. The van der Waals surface area contributed by atoms with E-state index in [0.717, 1.165) is 44.9 Å². The predicted molar refractivity (Wildman–Crippen MR) is 287 cm³/mol. The highest BCUT2D eigenvalue weighted by molar-refractivity contribution is 5.76. The first-order valence-corrected chi connectivity index (χ1v) is 29.6. The molecule has 0 bridgehead atoms. The van der Waals surface area contributed by atoms with E-state index in [4.69, 9.17) is 4.74 Å². The maximum Gasteiger partial charge on any atom is 0.305 e. The molecule has 2 atom stereocenters. The van der Waals surface area contributed by atoms with Gasteiger partial charge >= 0.3 is 5.97 Å². The van der Waals surface area contributed by atoms with Gasteiger partial charge in [0.2, 0.25) is 5.91 Å². The van der Waals surface area contributed by atoms with Crippen LogP contribution >= 0.6 is 0 Å². The predicted octanol–water partition coefficient (Wildman–Crippen LogP) is 18.2. The number of nitrogens with one attached hydrogen (secondary N) is 1. The highest BCUT2D eigenvalue weighted by Crippen LogP contribution is 2.17. The summed E-state index contributed by atoms with van der Waals surface area (Å²) in [5.74, 6) is -0.0382. The van der Waals surface area contributed by atoms with Crippen molar-refractivity contribution >= 4 is 11.9 Å². The van der Waals surface area contributed by atoms with Crippen molar-refractivity contribution in [1.29, 1.82) is 0 Å². The van der Waals surface area contributed by atoms with Gasteiger partial charge in [-0.15, -0.1) is 0 Å². The van der Waals surface area contributed by atoms with Crippen molar-refractivity contribution in [2.45, 2.75) is 334 Å². The molecule has 0 aliphatic rings. The molecule has 0 radical (unpaired) electrons. The second-order valence-electron chi connectivity index (χ2n) is 20.3. The summed E-state index contributed by atoms with van der Waals surface area (Å²) in [5, 5.41) is 23.2. The van der Waals surface area contributed by atoms with Crippen LogP contribution in [-0.2, 0) is 14.3 Å². The number of hydrogen-bond acceptors (Lipinski definition) is 5. The number of esters is 1. The van der Waals surface area contributed by atoms with Gasteiger partial charge in [0, 0.05) is 12.8 Å². The lowest BCUT2D eigenvalue weighted by Gasteiger charge is -2.22. The summed E-state index contributed by atoms with van der Waals surface area (Å²) >= 11 is 0. The third-order valence-corrected chi connectivity index (χ3v) is 13.7. The second-order valence-corrected chi connectivity index (χ2v) is 20.3. The number of ether oxygens (including phenoxy) is 1. The largest absolute Gasteiger partial charge is 0.466 e. The van der Waals surface area contributed by atoms with E-state index in [9.17, 15) is 19.8 Å². The number of allylic oxidation sites excluding steroid dienone is 4. The summed E-state index contributed by atoms with van der Waals surface area (Å²) in [6.07, 6.45) is 67.5. The van der Waals surface area contributed by atoms with Gasteiger partial charge in [-0.2, -0.15) is 0 Å². The molecule has 0 saturated heterocycles. The van der Waals surface area contributed by atoms with Gasteiger partial charge < -0.3 is 20.3 Å². The number of carbonyl (C=O) groups excluding carboxylic acids is 2. The minimum Gasteiger partial charge on any atom is -0.466 e. The van der Waals surface area contributed by atoms with Crippen LogP contribution in [0.25, 0.3) is 0 Å². The zero-order valence-corrected chi connectivity index (χ0v) is 44.4. The number of carbonyl (C=O) groups is 2. The smallest absolute Gasteiger partial charge is 0.305 e. The normalized spacial score (nSPS) is 12.7. The second kappa shape index (κ2) is 55.9. The SMILES string of the molecule is CCCCCCCC/C=C\CCCCCCCC(=O)OCCCCCCCCCCCCCC/C=C\CCCCCCCCCC(=O)NC(CO)C(O)CCCCCCCCCCCCC. The Kier molecular flexibility index (Phi) is 54.5. The molecule has 0 saturated carbocycles. The molecule has 0 spiro atoms. The fourth-order valence-corrected chi connectivity index (χ4v) is 9.16. The molecule has 6 nitrogen and oxygen atoms in total. The lowest BCUT2D eigenvalue weighted by atomic mass is 10.0. The summed E-state index contributed by atoms with van der Waals surface area (Å²) in [6, 6.07) is -0.544. The van der Waals surface area contributed by atoms with E-state index in [1.807, 2.05) is 0 Å². The first-order valence-electron chi connectivity index (χ1n) is 29.6. The molecule has 2 unspecified atom stereocenters. The lowest BCUT2D eigenvalue weighted by Crippen LogP contribution is -2.45. The van der Waals surface area contributed by atoms with E-state index in [-0.39, 0.29) is 18.5 Å². The Morgan fingerprint density at radius 1 is 0.409 bits per heavy atom. The molecule has 390 valence electrons. The Morgan fingerprint density at radius 3 is 1.08 bits per heavy atom. The van der Waals surface area contributed by atoms with Crippen LogP contribution in [0, 0.1) is 0 Å². The van der Waals surface area contributed by atoms with Crippen molar-refractivity contribution < 1.29 is 24.5 Å². The number of aliphatic hydroxyl groups is 2. The van der Waals surface area contributed by atoms with Gasteiger partial charge in [-0.3, -0.25) is 9.59 Å². The van der Waals surface area contributed by atoms with Crippen LogP contribution in [0.5, 0.6) is 0 Å². The molecule has 3 N–H and O–H groups in total. The van der Waals surface area contributed by atoms with Crippen LogP contribution in [0.1, 0.15) is 322 Å². The first kappa shape index (κ1) is 64.3. The summed E-state index contributed by atoms with van der Waals surface area (Å²) in [5.41, 5.74) is 0. The van der Waals surface area contributed by atoms with E-state index < -0.39 is 12.1 Å². The summed E-state index contributed by atoms with van der Waals surface area (Å²) in [4.78, 5) is 24.5. The van der Waals surface area contributed by atoms with Gasteiger partial charge in [0.15, 0.2) is 0 Å². The molecule has 0 fully saturated rings. The van der Waals surface area contributed by atoms with Gasteiger partial charge in [-0.05, 0) is 77.0 Å². The van der Waals surface area contributed by atoms with Crippen molar-refractivity contribution in [2.75, 3.05) is 13.2 Å². The van der Waals surface area contributed by atoms with Gasteiger partial charge in [0.25, 0.3) is 0 Å². The highest BCUT2D eigenvalue weighted by atomic mass is 16.5. The summed E-state index contributed by atoms with van der Waals surface area (Å²) < 4.78 is 5.48. The zero-order valence-electron chi connectivity index (χ0n) is 44.4. The van der Waals surface area contributed by atoms with E-state index in [0.29, 0.717) is 25.9 Å². The molecule has 0 aliphatic carbocycles. The number of aliphatic hydroxyl groups excluding tert-OH is 2. The number of hydrogen-bond donors (Lipinski definition) is 3. The standard InChI is InChI=1S/C60H115NO5/c1-3-5-7-9-11-13-15-16-26-30-34-38-42-46-50-54-60(65)66-55-51-47-43-39-35-31-28-25-23-21-19-17-18-20-22-24-27-29-33-37-41-45-49-53-59(64)61-57(56-62)58(63)52-48-44-40-36-32-14-12-10-8-6-4-2/h16,20,22,26,57-58,62-63H,3-15,17-19,21,23-25,27-56H2,1-2H3,(H,61,64)/b22-20-,26-16-. The van der Waals surface area contributed by atoms with E-state index in [1.165, 1.54) is 244 Å². The quantitative estimate of drug-likeness (QED) is 0.0321. The Bertz CT molecular complexity index is 1030. The topological polar surface area (TPSA) is 95.9 Å². The molecule has 0 aromatic rings. The molecular weight excluding hydrogens is 815 g/mol. The molecular formula is C60H115NO5. The monoisotopic (exact) mass is 930 g/mol. The Morgan fingerprint density at radius 2 is 0.712 bits per heavy atom. The van der Waals surface area contributed by atoms with E-state index in [2.05, 4.69) is 43.5 Å². The Hall–Kier alpha value is -1.66. The van der Waals surface area contributed by atoms with Crippen molar-refractivity contribution in [3.8, 4) is 0 Å². The van der Waals surface area contributed by atoms with Crippen molar-refractivity contribution in [3.63, 3.8) is 0 Å². The molecule has 6 heteroatoms. The van der Waals surface area contributed by atoms with Crippen LogP contribution in [0.15, 0.2) is 24.3 Å². The van der Waals surface area contributed by atoms with Gasteiger partial charge in [-0.25, -0.2) is 0 Å². The zero-order chi connectivity index (χ0) is 47.9. The third kappa shape index (κ3) is 51.7. The van der Waals surface area contributed by atoms with E-state index >= 15 is 0 Å². The van der Waals surface area contributed by atoms with Crippen LogP contribution in [0.2, 0.25) is 0 Å². The van der Waals surface area contributed by atoms with Crippen LogP contribution in [0.3, 0.4) is 0 Å². The van der Waals surface area contributed by atoms with Crippen molar-refractivity contribution in [3.05, 3.63) is 24.3 Å². The number of amides is 1. The highest BCUT2D eigenvalue weighted by Gasteiger charge is 2.20. The lowest BCUT2D eigenvalue weighted by molar-refractivity contribution is -0.143. The van der Waals surface area contributed by atoms with E-state index in [1.54, 1.807) is 0 Å². The molecule has 66 heavy (non-hydrogen) atoms. The van der Waals surface area contributed by atoms with Crippen molar-refractivity contribution in [2.24, 2.45) is 0 Å². The van der Waals surface area contributed by atoms with Gasteiger partial charge in [0.1, 0.15) is 0 Å². The van der Waals surface area contributed by atoms with Crippen LogP contribution < -0.4 is 5.32 Å². The Labute approximate surface area is 411 Å².